The van der Waals surface area contributed by atoms with Gasteiger partial charge in [0.2, 0.25) is 4.38 Å². The van der Waals surface area contributed by atoms with Gasteiger partial charge in [0.05, 0.1) is 0 Å². The van der Waals surface area contributed by atoms with Crippen LogP contribution in [0.3, 0.4) is 0 Å². The molecule has 0 saturated heterocycles. The van der Waals surface area contributed by atoms with E-state index in [2.05, 4.69) is 0 Å². The molecule has 3 nitrogen and oxygen atoms in total. The number of carboxylic acids is 1. The van der Waals surface area contributed by atoms with Gasteiger partial charge in [-0.3, -0.25) is 0 Å². The van der Waals surface area contributed by atoms with Crippen LogP contribution in [0.15, 0.2) is 24.3 Å². The number of thiocarbonyl (C=S) groups is 1. The van der Waals surface area contributed by atoms with Gasteiger partial charge in [0.1, 0.15) is 0 Å². The van der Waals surface area contributed by atoms with Crippen molar-refractivity contribution < 1.29 is 23.4 Å². The number of aliphatic carboxylic acids is 1. The van der Waals surface area contributed by atoms with E-state index in [1.807, 2.05) is 6.92 Å². The Morgan fingerprint density at radius 3 is 2.43 bits per heavy atom. The van der Waals surface area contributed by atoms with Crippen LogP contribution < -0.4 is 0 Å². The van der Waals surface area contributed by atoms with E-state index >= 15 is 0 Å². The molecule has 116 valence electrons. The van der Waals surface area contributed by atoms with E-state index in [1.165, 1.54) is 12.1 Å². The first-order valence-electron chi connectivity index (χ1n) is 6.27. The average molecular weight is 334 g/mol. The molecule has 0 radical (unpaired) electrons. The van der Waals surface area contributed by atoms with Crippen LogP contribution in [0.4, 0.5) is 8.78 Å². The summed E-state index contributed by atoms with van der Waals surface area (Å²) >= 11 is 5.74. The molecule has 0 aromatic heterocycles. The average Bonchev–Trinajstić information content (AvgIpc) is 2.45. The number of ether oxygens (including phenoxy) is 1. The summed E-state index contributed by atoms with van der Waals surface area (Å²) in [6, 6.07) is 6.29. The number of carboxylic acid groups (broad SMARTS) is 1. The fourth-order valence-corrected chi connectivity index (χ4v) is 2.04. The lowest BCUT2D eigenvalue weighted by atomic mass is 10.0. The summed E-state index contributed by atoms with van der Waals surface area (Å²) < 4.78 is 32.5. The fourth-order valence-electron chi connectivity index (χ4n) is 1.76. The van der Waals surface area contributed by atoms with Gasteiger partial charge in [-0.25, -0.2) is 4.79 Å². The number of thioether (sulfide) groups is 1. The molecule has 0 aliphatic heterocycles. The molecule has 1 aromatic rings. The maximum atomic E-state index is 13.8. The van der Waals surface area contributed by atoms with Crippen LogP contribution in [-0.2, 0) is 16.0 Å². The zero-order valence-electron chi connectivity index (χ0n) is 11.6. The summed E-state index contributed by atoms with van der Waals surface area (Å²) in [5.74, 6) is -6.31. The van der Waals surface area contributed by atoms with E-state index in [0.717, 1.165) is 30.2 Å². The monoisotopic (exact) mass is 334 g/mol. The van der Waals surface area contributed by atoms with Crippen molar-refractivity contribution in [3.8, 4) is 0 Å². The molecule has 0 fully saturated rings. The van der Waals surface area contributed by atoms with Crippen LogP contribution in [0.5, 0.6) is 0 Å². The van der Waals surface area contributed by atoms with Crippen molar-refractivity contribution in [2.75, 3.05) is 6.26 Å². The molecule has 1 rings (SSSR count). The molecule has 0 aliphatic rings. The molecule has 1 aromatic carbocycles. The number of carbonyl (C=O) groups is 1. The highest BCUT2D eigenvalue weighted by Crippen LogP contribution is 2.36. The minimum Gasteiger partial charge on any atom is -0.477 e. The Labute approximate surface area is 131 Å². The van der Waals surface area contributed by atoms with E-state index in [0.29, 0.717) is 0 Å². The number of alkyl halides is 2. The standard InChI is InChI=1S/C14H16F2O3S2/c1-3-4-9-5-7-10(8-6-9)11(19-13(20)21-2)14(15,16)12(17)18/h5-8,11H,3-4H2,1-2H3,(H,17,18). The number of halogens is 2. The summed E-state index contributed by atoms with van der Waals surface area (Å²) in [5, 5.41) is 8.72. The van der Waals surface area contributed by atoms with Gasteiger partial charge in [-0.1, -0.05) is 49.4 Å². The normalized spacial score (nSPS) is 12.8. The molecule has 0 bridgehead atoms. The van der Waals surface area contributed by atoms with Gasteiger partial charge in [0.25, 0.3) is 0 Å². The van der Waals surface area contributed by atoms with Crippen molar-refractivity contribution in [3.05, 3.63) is 35.4 Å². The Morgan fingerprint density at radius 2 is 2.00 bits per heavy atom. The van der Waals surface area contributed by atoms with Crippen LogP contribution in [-0.4, -0.2) is 27.6 Å². The van der Waals surface area contributed by atoms with Crippen molar-refractivity contribution in [1.82, 2.24) is 0 Å². The Bertz CT molecular complexity index is 503. The van der Waals surface area contributed by atoms with Crippen LogP contribution >= 0.6 is 24.0 Å². The van der Waals surface area contributed by atoms with Gasteiger partial charge in [-0.2, -0.15) is 8.78 Å². The highest BCUT2D eigenvalue weighted by molar-refractivity contribution is 8.22. The van der Waals surface area contributed by atoms with Crippen molar-refractivity contribution in [1.29, 1.82) is 0 Å². The third-order valence-corrected chi connectivity index (χ3v) is 3.84. The van der Waals surface area contributed by atoms with Crippen LogP contribution in [0.2, 0.25) is 0 Å². The first-order chi connectivity index (χ1) is 9.82. The van der Waals surface area contributed by atoms with Gasteiger partial charge in [-0.05, 0) is 36.0 Å². The summed E-state index contributed by atoms with van der Waals surface area (Å²) in [6.07, 6.45) is 1.39. The van der Waals surface area contributed by atoms with Crippen LogP contribution in [0.25, 0.3) is 0 Å². The summed E-state index contributed by atoms with van der Waals surface area (Å²) in [7, 11) is 0. The summed E-state index contributed by atoms with van der Waals surface area (Å²) in [4.78, 5) is 10.8. The molecule has 1 N–H and O–H groups in total. The molecule has 7 heteroatoms. The van der Waals surface area contributed by atoms with Gasteiger partial charge >= 0.3 is 11.9 Å². The highest BCUT2D eigenvalue weighted by atomic mass is 32.2. The second kappa shape index (κ2) is 7.70. The topological polar surface area (TPSA) is 46.5 Å². The predicted octanol–water partition coefficient (Wildman–Crippen LogP) is 4.06. The van der Waals surface area contributed by atoms with Crippen molar-refractivity contribution in [3.63, 3.8) is 0 Å². The Kier molecular flexibility index (Phi) is 6.54. The van der Waals surface area contributed by atoms with Crippen molar-refractivity contribution in [2.24, 2.45) is 0 Å². The molecule has 0 aliphatic carbocycles. The maximum Gasteiger partial charge on any atom is 0.382 e. The minimum atomic E-state index is -4.06. The zero-order valence-corrected chi connectivity index (χ0v) is 13.3. The SMILES string of the molecule is CCCc1ccc(C(OC(=S)SC)C(F)(F)C(=O)O)cc1. The lowest BCUT2D eigenvalue weighted by Crippen LogP contribution is -2.37. The molecule has 21 heavy (non-hydrogen) atoms. The molecular weight excluding hydrogens is 318 g/mol. The number of rotatable bonds is 6. The highest BCUT2D eigenvalue weighted by Gasteiger charge is 2.50. The number of hydrogen-bond donors (Lipinski definition) is 1. The van der Waals surface area contributed by atoms with Gasteiger partial charge < -0.3 is 9.84 Å². The first kappa shape index (κ1) is 17.8. The third-order valence-electron chi connectivity index (χ3n) is 2.82. The molecule has 0 amide bonds. The van der Waals surface area contributed by atoms with E-state index in [1.54, 1.807) is 18.4 Å². The number of hydrogen-bond acceptors (Lipinski definition) is 4. The molecule has 1 atom stereocenters. The van der Waals surface area contributed by atoms with Gasteiger partial charge in [0, 0.05) is 0 Å². The van der Waals surface area contributed by atoms with E-state index < -0.39 is 18.0 Å². The van der Waals surface area contributed by atoms with Crippen molar-refractivity contribution >= 4 is 34.3 Å². The quantitative estimate of drug-likeness (QED) is 0.795. The third kappa shape index (κ3) is 4.64. The largest absolute Gasteiger partial charge is 0.477 e. The van der Waals surface area contributed by atoms with Gasteiger partial charge in [0.15, 0.2) is 6.10 Å². The molecule has 0 spiro atoms. The summed E-state index contributed by atoms with van der Waals surface area (Å²) in [5.41, 5.74) is 1.07. The molecule has 1 unspecified atom stereocenters. The lowest BCUT2D eigenvalue weighted by molar-refractivity contribution is -0.180. The van der Waals surface area contributed by atoms with E-state index in [4.69, 9.17) is 22.1 Å². The van der Waals surface area contributed by atoms with Crippen LogP contribution in [0, 0.1) is 0 Å². The Hall–Kier alpha value is -1.21. The second-order valence-electron chi connectivity index (χ2n) is 4.37. The fraction of sp³-hybridized carbons (Fsp3) is 0.429. The van der Waals surface area contributed by atoms with Crippen molar-refractivity contribution in [2.45, 2.75) is 31.8 Å². The Morgan fingerprint density at radius 1 is 1.43 bits per heavy atom. The van der Waals surface area contributed by atoms with E-state index in [-0.39, 0.29) is 9.95 Å². The summed E-state index contributed by atoms with van der Waals surface area (Å²) in [6.45, 7) is 2.01. The number of benzene rings is 1. The number of aryl methyl sites for hydroxylation is 1. The van der Waals surface area contributed by atoms with Gasteiger partial charge in [-0.15, -0.1) is 0 Å². The minimum absolute atomic E-state index is 0.0821. The zero-order chi connectivity index (χ0) is 16.0. The van der Waals surface area contributed by atoms with Crippen LogP contribution in [0.1, 0.15) is 30.6 Å². The Balaban J connectivity index is 3.11. The molecule has 0 heterocycles. The first-order valence-corrected chi connectivity index (χ1v) is 7.90. The predicted molar refractivity (Wildman–Crippen MR) is 83.0 cm³/mol. The molecular formula is C14H16F2O3S2. The molecule has 0 saturated carbocycles. The maximum absolute atomic E-state index is 13.8. The second-order valence-corrected chi connectivity index (χ2v) is 5.78. The smallest absolute Gasteiger partial charge is 0.382 e. The lowest BCUT2D eigenvalue weighted by Gasteiger charge is -2.24. The van der Waals surface area contributed by atoms with E-state index in [9.17, 15) is 13.6 Å².